The van der Waals surface area contributed by atoms with Gasteiger partial charge in [0.25, 0.3) is 0 Å². The molecule has 1 aromatic heterocycles. The largest absolute Gasteiger partial charge is 0.481 e. The van der Waals surface area contributed by atoms with E-state index < -0.39 is 17.9 Å². The van der Waals surface area contributed by atoms with Gasteiger partial charge >= 0.3 is 11.9 Å². The van der Waals surface area contributed by atoms with Crippen molar-refractivity contribution in [2.45, 2.75) is 19.8 Å². The molecule has 1 N–H and O–H groups in total. The smallest absolute Gasteiger partial charge is 0.320 e. The Morgan fingerprint density at radius 1 is 1.59 bits per heavy atom. The maximum Gasteiger partial charge on any atom is 0.320 e. The molecule has 1 rings (SSSR count). The number of rotatable bonds is 6. The van der Waals surface area contributed by atoms with Gasteiger partial charge < -0.3 is 9.84 Å². The topological polar surface area (TPSA) is 81.4 Å². The molecular formula is C11H16N2O4. The lowest BCUT2D eigenvalue weighted by molar-refractivity contribution is -0.158. The molecule has 0 radical (unpaired) electrons. The average molecular weight is 240 g/mol. The highest BCUT2D eigenvalue weighted by atomic mass is 16.5. The van der Waals surface area contributed by atoms with Crippen LogP contribution in [0.25, 0.3) is 0 Å². The van der Waals surface area contributed by atoms with Crippen LogP contribution in [0.4, 0.5) is 0 Å². The minimum atomic E-state index is -1.15. The van der Waals surface area contributed by atoms with Gasteiger partial charge in [-0.2, -0.15) is 5.10 Å². The summed E-state index contributed by atoms with van der Waals surface area (Å²) in [6.07, 6.45) is 4.16. The van der Waals surface area contributed by atoms with Crippen LogP contribution in [-0.2, 0) is 27.8 Å². The zero-order valence-corrected chi connectivity index (χ0v) is 9.92. The SMILES string of the molecule is CCOC(=O)C(CCc1cnn(C)c1)C(=O)O. The first kappa shape index (κ1) is 13.2. The molecule has 0 saturated carbocycles. The van der Waals surface area contributed by atoms with Crippen LogP contribution in [0.3, 0.4) is 0 Å². The van der Waals surface area contributed by atoms with Gasteiger partial charge in [0.2, 0.25) is 0 Å². The van der Waals surface area contributed by atoms with E-state index in [0.717, 1.165) is 5.56 Å². The number of hydrogen-bond acceptors (Lipinski definition) is 4. The van der Waals surface area contributed by atoms with E-state index >= 15 is 0 Å². The van der Waals surface area contributed by atoms with Gasteiger partial charge in [-0.3, -0.25) is 14.3 Å². The van der Waals surface area contributed by atoms with Crippen LogP contribution in [0.5, 0.6) is 0 Å². The van der Waals surface area contributed by atoms with Gasteiger partial charge in [-0.1, -0.05) is 0 Å². The van der Waals surface area contributed by atoms with Crippen LogP contribution in [0.15, 0.2) is 12.4 Å². The van der Waals surface area contributed by atoms with Crippen LogP contribution in [0.2, 0.25) is 0 Å². The molecule has 17 heavy (non-hydrogen) atoms. The lowest BCUT2D eigenvalue weighted by Gasteiger charge is -2.10. The first-order valence-electron chi connectivity index (χ1n) is 5.41. The van der Waals surface area contributed by atoms with Gasteiger partial charge in [-0.05, 0) is 25.3 Å². The number of carboxylic acids is 1. The van der Waals surface area contributed by atoms with Crippen molar-refractivity contribution in [3.63, 3.8) is 0 Å². The first-order chi connectivity index (χ1) is 8.04. The van der Waals surface area contributed by atoms with Crippen LogP contribution >= 0.6 is 0 Å². The molecule has 6 nitrogen and oxygen atoms in total. The Morgan fingerprint density at radius 2 is 2.29 bits per heavy atom. The molecule has 0 aliphatic rings. The zero-order chi connectivity index (χ0) is 12.8. The maximum atomic E-state index is 11.4. The molecule has 1 unspecified atom stereocenters. The second kappa shape index (κ2) is 6.03. The predicted molar refractivity (Wildman–Crippen MR) is 59.3 cm³/mol. The van der Waals surface area contributed by atoms with Crippen molar-refractivity contribution in [3.8, 4) is 0 Å². The highest BCUT2D eigenvalue weighted by Gasteiger charge is 2.27. The van der Waals surface area contributed by atoms with E-state index in [9.17, 15) is 9.59 Å². The molecule has 0 fully saturated rings. The highest BCUT2D eigenvalue weighted by Crippen LogP contribution is 2.11. The fourth-order valence-corrected chi connectivity index (χ4v) is 1.50. The maximum absolute atomic E-state index is 11.4. The van der Waals surface area contributed by atoms with Gasteiger partial charge in [-0.15, -0.1) is 0 Å². The van der Waals surface area contributed by atoms with Crippen molar-refractivity contribution in [1.29, 1.82) is 0 Å². The van der Waals surface area contributed by atoms with E-state index in [4.69, 9.17) is 9.84 Å². The molecule has 0 aliphatic carbocycles. The van der Waals surface area contributed by atoms with Crippen LogP contribution in [-0.4, -0.2) is 33.4 Å². The van der Waals surface area contributed by atoms with E-state index in [0.29, 0.717) is 6.42 Å². The fraction of sp³-hybridized carbons (Fsp3) is 0.545. The molecule has 0 aromatic carbocycles. The number of nitrogens with zero attached hydrogens (tertiary/aromatic N) is 2. The minimum absolute atomic E-state index is 0.190. The number of ether oxygens (including phenoxy) is 1. The molecule has 94 valence electrons. The molecule has 0 saturated heterocycles. The quantitative estimate of drug-likeness (QED) is 0.582. The van der Waals surface area contributed by atoms with Gasteiger partial charge in [-0.25, -0.2) is 0 Å². The van der Waals surface area contributed by atoms with Crippen molar-refractivity contribution in [1.82, 2.24) is 9.78 Å². The predicted octanol–water partition coefficient (Wildman–Crippen LogP) is 0.617. The van der Waals surface area contributed by atoms with Crippen molar-refractivity contribution in [3.05, 3.63) is 18.0 Å². The number of aryl methyl sites for hydroxylation is 2. The Morgan fingerprint density at radius 3 is 2.76 bits per heavy atom. The summed E-state index contributed by atoms with van der Waals surface area (Å²) in [5, 5.41) is 12.9. The third-order valence-electron chi connectivity index (χ3n) is 2.35. The number of esters is 1. The summed E-state index contributed by atoms with van der Waals surface area (Å²) in [7, 11) is 1.78. The molecular weight excluding hydrogens is 224 g/mol. The number of hydrogen-bond donors (Lipinski definition) is 1. The lowest BCUT2D eigenvalue weighted by Crippen LogP contribution is -2.26. The van der Waals surface area contributed by atoms with E-state index in [-0.39, 0.29) is 13.0 Å². The Balaban J connectivity index is 2.56. The Bertz CT molecular complexity index is 400. The standard InChI is InChI=1S/C11H16N2O4/c1-3-17-11(16)9(10(14)15)5-4-8-6-12-13(2)7-8/h6-7,9H,3-5H2,1-2H3,(H,14,15). The number of carboxylic acid groups (broad SMARTS) is 1. The van der Waals surface area contributed by atoms with Crippen molar-refractivity contribution >= 4 is 11.9 Å². The number of aliphatic carboxylic acids is 1. The molecule has 1 aromatic rings. The average Bonchev–Trinajstić information content (AvgIpc) is 2.64. The zero-order valence-electron chi connectivity index (χ0n) is 9.92. The van der Waals surface area contributed by atoms with Crippen molar-refractivity contribution < 1.29 is 19.4 Å². The Hall–Kier alpha value is -1.85. The number of carbonyl (C=O) groups is 2. The van der Waals surface area contributed by atoms with Crippen molar-refractivity contribution in [2.24, 2.45) is 13.0 Å². The summed E-state index contributed by atoms with van der Waals surface area (Å²) >= 11 is 0. The van der Waals surface area contributed by atoms with Crippen LogP contribution < -0.4 is 0 Å². The van der Waals surface area contributed by atoms with Gasteiger partial charge in [0, 0.05) is 13.2 Å². The van der Waals surface area contributed by atoms with E-state index in [1.165, 1.54) is 0 Å². The highest BCUT2D eigenvalue weighted by molar-refractivity contribution is 5.93. The molecule has 0 amide bonds. The summed E-state index contributed by atoms with van der Waals surface area (Å²) < 4.78 is 6.35. The molecule has 1 heterocycles. The molecule has 0 spiro atoms. The second-order valence-electron chi connectivity index (χ2n) is 3.70. The van der Waals surface area contributed by atoms with E-state index in [1.807, 2.05) is 0 Å². The minimum Gasteiger partial charge on any atom is -0.481 e. The Labute approximate surface area is 99.2 Å². The normalized spacial score (nSPS) is 12.1. The van der Waals surface area contributed by atoms with Crippen molar-refractivity contribution in [2.75, 3.05) is 6.61 Å². The molecule has 0 aliphatic heterocycles. The Kier molecular flexibility index (Phi) is 4.68. The van der Waals surface area contributed by atoms with Gasteiger partial charge in [0.1, 0.15) is 0 Å². The summed E-state index contributed by atoms with van der Waals surface area (Å²) in [6, 6.07) is 0. The van der Waals surface area contributed by atoms with E-state index in [1.54, 1.807) is 31.0 Å². The summed E-state index contributed by atoms with van der Waals surface area (Å²) in [4.78, 5) is 22.3. The third kappa shape index (κ3) is 3.90. The summed E-state index contributed by atoms with van der Waals surface area (Å²) in [5.41, 5.74) is 0.906. The second-order valence-corrected chi connectivity index (χ2v) is 3.70. The molecule has 6 heteroatoms. The first-order valence-corrected chi connectivity index (χ1v) is 5.41. The van der Waals surface area contributed by atoms with E-state index in [2.05, 4.69) is 5.10 Å². The monoisotopic (exact) mass is 240 g/mol. The van der Waals surface area contributed by atoms with Crippen LogP contribution in [0.1, 0.15) is 18.9 Å². The number of aromatic nitrogens is 2. The van der Waals surface area contributed by atoms with Gasteiger partial charge in [0.15, 0.2) is 5.92 Å². The summed E-state index contributed by atoms with van der Waals surface area (Å²) in [5.74, 6) is -2.92. The lowest BCUT2D eigenvalue weighted by atomic mass is 10.0. The summed E-state index contributed by atoms with van der Waals surface area (Å²) in [6.45, 7) is 1.84. The third-order valence-corrected chi connectivity index (χ3v) is 2.35. The van der Waals surface area contributed by atoms with Gasteiger partial charge in [0.05, 0.1) is 12.8 Å². The molecule has 1 atom stereocenters. The fourth-order valence-electron chi connectivity index (χ4n) is 1.50. The van der Waals surface area contributed by atoms with Crippen LogP contribution in [0, 0.1) is 5.92 Å². The molecule has 0 bridgehead atoms. The number of carbonyl (C=O) groups excluding carboxylic acids is 1.